The summed E-state index contributed by atoms with van der Waals surface area (Å²) < 4.78 is 34.9. The summed E-state index contributed by atoms with van der Waals surface area (Å²) in [5.74, 6) is 0.334. The second-order valence-corrected chi connectivity index (χ2v) is 10.7. The largest absolute Gasteiger partial charge is 0.480 e. The van der Waals surface area contributed by atoms with E-state index in [0.717, 1.165) is 26.7 Å². The average molecular weight is 531 g/mol. The first-order valence-electron chi connectivity index (χ1n) is 10.4. The Balaban J connectivity index is 1.68. The lowest BCUT2D eigenvalue weighted by Gasteiger charge is -2.18. The van der Waals surface area contributed by atoms with Gasteiger partial charge in [0.15, 0.2) is 6.10 Å². The van der Waals surface area contributed by atoms with Crippen molar-refractivity contribution in [3.8, 4) is 5.75 Å². The first kappa shape index (κ1) is 24.8. The van der Waals surface area contributed by atoms with Crippen molar-refractivity contribution in [2.24, 2.45) is 0 Å². The van der Waals surface area contributed by atoms with Crippen molar-refractivity contribution in [2.45, 2.75) is 45.6 Å². The summed E-state index contributed by atoms with van der Waals surface area (Å²) in [7, 11) is -3.75. The highest BCUT2D eigenvalue weighted by molar-refractivity contribution is 9.10. The number of aryl methyl sites for hydroxylation is 4. The number of carbonyl (C=O) groups is 1. The molecule has 0 saturated heterocycles. The van der Waals surface area contributed by atoms with Crippen LogP contribution in [0.4, 0.5) is 11.4 Å². The van der Waals surface area contributed by atoms with E-state index < -0.39 is 16.1 Å². The van der Waals surface area contributed by atoms with Gasteiger partial charge in [-0.3, -0.25) is 9.52 Å². The maximum absolute atomic E-state index is 12.7. The number of ether oxygens (including phenoxy) is 1. The molecule has 6 nitrogen and oxygen atoms in total. The molecule has 3 rings (SSSR count). The van der Waals surface area contributed by atoms with Gasteiger partial charge in [-0.1, -0.05) is 22.0 Å². The van der Waals surface area contributed by atoms with Gasteiger partial charge in [-0.2, -0.15) is 0 Å². The minimum absolute atomic E-state index is 0.102. The molecule has 0 heterocycles. The Labute approximate surface area is 203 Å². The Hall–Kier alpha value is -2.84. The average Bonchev–Trinajstić information content (AvgIpc) is 2.69. The zero-order valence-electron chi connectivity index (χ0n) is 19.2. The predicted octanol–water partition coefficient (Wildman–Crippen LogP) is 5.89. The zero-order chi connectivity index (χ0) is 24.3. The van der Waals surface area contributed by atoms with Crippen LogP contribution < -0.4 is 14.8 Å². The number of benzene rings is 3. The third-order valence-corrected chi connectivity index (χ3v) is 6.85. The minimum atomic E-state index is -3.75. The number of rotatable bonds is 7. The number of hydrogen-bond donors (Lipinski definition) is 2. The molecule has 174 valence electrons. The Bertz CT molecular complexity index is 1250. The van der Waals surface area contributed by atoms with Gasteiger partial charge in [-0.05, 0) is 105 Å². The van der Waals surface area contributed by atoms with E-state index in [0.29, 0.717) is 17.1 Å². The van der Waals surface area contributed by atoms with Crippen molar-refractivity contribution in [3.05, 3.63) is 81.3 Å². The predicted molar refractivity (Wildman–Crippen MR) is 136 cm³/mol. The van der Waals surface area contributed by atoms with Crippen LogP contribution in [0.5, 0.6) is 5.75 Å². The molecule has 1 unspecified atom stereocenters. The summed E-state index contributed by atoms with van der Waals surface area (Å²) in [6.07, 6.45) is -0.738. The second kappa shape index (κ2) is 9.97. The molecule has 0 radical (unpaired) electrons. The van der Waals surface area contributed by atoms with Gasteiger partial charge in [-0.25, -0.2) is 8.42 Å². The lowest BCUT2D eigenvalue weighted by atomic mass is 10.1. The molecule has 1 atom stereocenters. The lowest BCUT2D eigenvalue weighted by Crippen LogP contribution is -2.30. The van der Waals surface area contributed by atoms with Gasteiger partial charge in [-0.15, -0.1) is 0 Å². The topological polar surface area (TPSA) is 84.5 Å². The summed E-state index contributed by atoms with van der Waals surface area (Å²) in [5.41, 5.74) is 4.77. The van der Waals surface area contributed by atoms with Crippen molar-refractivity contribution >= 4 is 43.2 Å². The van der Waals surface area contributed by atoms with E-state index in [2.05, 4.69) is 26.0 Å². The van der Waals surface area contributed by atoms with Crippen LogP contribution in [0.2, 0.25) is 0 Å². The van der Waals surface area contributed by atoms with Crippen LogP contribution in [0.1, 0.15) is 29.2 Å². The van der Waals surface area contributed by atoms with Crippen LogP contribution in [-0.4, -0.2) is 20.4 Å². The van der Waals surface area contributed by atoms with Crippen LogP contribution in [0.15, 0.2) is 64.0 Å². The van der Waals surface area contributed by atoms with E-state index in [1.807, 2.05) is 45.9 Å². The molecule has 3 aromatic carbocycles. The normalized spacial score (nSPS) is 12.2. The van der Waals surface area contributed by atoms with E-state index in [4.69, 9.17) is 4.74 Å². The third kappa shape index (κ3) is 6.36. The van der Waals surface area contributed by atoms with E-state index in [1.165, 1.54) is 12.1 Å². The summed E-state index contributed by atoms with van der Waals surface area (Å²) >= 11 is 3.45. The fraction of sp³-hybridized carbons (Fsp3) is 0.240. The highest BCUT2D eigenvalue weighted by atomic mass is 79.9. The van der Waals surface area contributed by atoms with Crippen molar-refractivity contribution in [1.82, 2.24) is 0 Å². The first-order valence-corrected chi connectivity index (χ1v) is 12.7. The van der Waals surface area contributed by atoms with Crippen LogP contribution in [0, 0.1) is 27.7 Å². The Kier molecular flexibility index (Phi) is 7.49. The molecule has 0 aliphatic carbocycles. The fourth-order valence-electron chi connectivity index (χ4n) is 3.52. The van der Waals surface area contributed by atoms with Gasteiger partial charge in [0.2, 0.25) is 0 Å². The summed E-state index contributed by atoms with van der Waals surface area (Å²) in [5, 5.41) is 2.77. The standard InChI is InChI=1S/C25H27BrN2O4S/c1-15-10-16(2)12-22(11-15)28-33(30,31)23-8-6-21(7-9-23)27-25(29)19(5)32-24-17(3)13-20(26)14-18(24)4/h6-14,19,28H,1-5H3,(H,27,29). The molecular formula is C25H27BrN2O4S. The molecule has 33 heavy (non-hydrogen) atoms. The van der Waals surface area contributed by atoms with E-state index in [-0.39, 0.29) is 10.8 Å². The lowest BCUT2D eigenvalue weighted by molar-refractivity contribution is -0.122. The first-order chi connectivity index (χ1) is 15.4. The second-order valence-electron chi connectivity index (χ2n) is 8.12. The van der Waals surface area contributed by atoms with E-state index >= 15 is 0 Å². The molecule has 0 spiro atoms. The molecule has 1 amide bonds. The molecule has 0 bridgehead atoms. The molecule has 0 saturated carbocycles. The Morgan fingerprint density at radius 1 is 0.879 bits per heavy atom. The molecule has 8 heteroatoms. The van der Waals surface area contributed by atoms with Crippen molar-refractivity contribution in [1.29, 1.82) is 0 Å². The number of anilines is 2. The third-order valence-electron chi connectivity index (χ3n) is 5.00. The molecule has 2 N–H and O–H groups in total. The SMILES string of the molecule is Cc1cc(C)cc(NS(=O)(=O)c2ccc(NC(=O)C(C)Oc3c(C)cc(Br)cc3C)cc2)c1. The number of amides is 1. The molecule has 0 fully saturated rings. The maximum Gasteiger partial charge on any atom is 0.265 e. The van der Waals surface area contributed by atoms with Crippen LogP contribution in [-0.2, 0) is 14.8 Å². The monoisotopic (exact) mass is 530 g/mol. The number of nitrogens with one attached hydrogen (secondary N) is 2. The number of hydrogen-bond acceptors (Lipinski definition) is 4. The summed E-state index contributed by atoms with van der Waals surface area (Å²) in [4.78, 5) is 12.7. The quantitative estimate of drug-likeness (QED) is 0.398. The Morgan fingerprint density at radius 2 is 1.42 bits per heavy atom. The molecule has 0 aliphatic heterocycles. The molecule has 0 aromatic heterocycles. The minimum Gasteiger partial charge on any atom is -0.480 e. The highest BCUT2D eigenvalue weighted by Gasteiger charge is 2.19. The van der Waals surface area contributed by atoms with Gasteiger partial charge < -0.3 is 10.1 Å². The van der Waals surface area contributed by atoms with Crippen LogP contribution in [0.3, 0.4) is 0 Å². The number of carbonyl (C=O) groups excluding carboxylic acids is 1. The fourth-order valence-corrected chi connectivity index (χ4v) is 5.25. The van der Waals surface area contributed by atoms with Gasteiger partial charge in [0.1, 0.15) is 5.75 Å². The summed E-state index contributed by atoms with van der Waals surface area (Å²) in [6, 6.07) is 15.4. The van der Waals surface area contributed by atoms with Crippen molar-refractivity contribution in [2.75, 3.05) is 10.0 Å². The molecule has 0 aliphatic rings. The van der Waals surface area contributed by atoms with Gasteiger partial charge >= 0.3 is 0 Å². The maximum atomic E-state index is 12.7. The van der Waals surface area contributed by atoms with E-state index in [1.54, 1.807) is 31.2 Å². The van der Waals surface area contributed by atoms with Gasteiger partial charge in [0, 0.05) is 15.8 Å². The molecular weight excluding hydrogens is 504 g/mol. The highest BCUT2D eigenvalue weighted by Crippen LogP contribution is 2.28. The van der Waals surface area contributed by atoms with E-state index in [9.17, 15) is 13.2 Å². The van der Waals surface area contributed by atoms with Crippen LogP contribution in [0.25, 0.3) is 0 Å². The Morgan fingerprint density at radius 3 is 1.97 bits per heavy atom. The number of sulfonamides is 1. The number of halogens is 1. The van der Waals surface area contributed by atoms with Gasteiger partial charge in [0.05, 0.1) is 4.90 Å². The zero-order valence-corrected chi connectivity index (χ0v) is 21.6. The summed E-state index contributed by atoms with van der Waals surface area (Å²) in [6.45, 7) is 9.33. The molecule has 3 aromatic rings. The van der Waals surface area contributed by atoms with Gasteiger partial charge in [0.25, 0.3) is 15.9 Å². The van der Waals surface area contributed by atoms with Crippen LogP contribution >= 0.6 is 15.9 Å². The smallest absolute Gasteiger partial charge is 0.265 e. The van der Waals surface area contributed by atoms with Crippen molar-refractivity contribution in [3.63, 3.8) is 0 Å². The van der Waals surface area contributed by atoms with Crippen molar-refractivity contribution < 1.29 is 17.9 Å².